The van der Waals surface area contributed by atoms with Gasteiger partial charge >= 0.3 is 0 Å². The predicted molar refractivity (Wildman–Crippen MR) is 111 cm³/mol. The van der Waals surface area contributed by atoms with Crippen LogP contribution in [0.15, 0.2) is 69.7 Å². The van der Waals surface area contributed by atoms with Crippen LogP contribution < -0.4 is 10.1 Å². The number of hydrogen-bond donors (Lipinski definition) is 1. The smallest absolute Gasteiger partial charge is 0.273 e. The largest absolute Gasteiger partial charge is 0.494 e. The van der Waals surface area contributed by atoms with Gasteiger partial charge in [-0.15, -0.1) is 0 Å². The highest BCUT2D eigenvalue weighted by atomic mass is 16.5. The SMILES string of the molecule is CCOc1ccc(-c2cc(C(=O)NCc3cc(-c4ccc(C)cc4)no3)no2)cc1. The highest BCUT2D eigenvalue weighted by Crippen LogP contribution is 2.23. The molecule has 4 rings (SSSR count). The number of carbonyl (C=O) groups is 1. The van der Waals surface area contributed by atoms with E-state index in [1.807, 2.05) is 62.4 Å². The first-order valence-corrected chi connectivity index (χ1v) is 9.63. The third-order valence-corrected chi connectivity index (χ3v) is 4.52. The quantitative estimate of drug-likeness (QED) is 0.484. The zero-order chi connectivity index (χ0) is 20.9. The molecule has 2 heterocycles. The Kier molecular flexibility index (Phi) is 5.61. The van der Waals surface area contributed by atoms with Crippen LogP contribution in [0.1, 0.15) is 28.7 Å². The summed E-state index contributed by atoms with van der Waals surface area (Å²) in [5, 5.41) is 10.7. The molecule has 0 saturated carbocycles. The van der Waals surface area contributed by atoms with E-state index in [1.54, 1.807) is 12.1 Å². The number of carbonyl (C=O) groups excluding carboxylic acids is 1. The molecule has 7 nitrogen and oxygen atoms in total. The molecule has 4 aromatic rings. The number of aromatic nitrogens is 2. The van der Waals surface area contributed by atoms with E-state index in [1.165, 1.54) is 5.56 Å². The normalized spacial score (nSPS) is 10.7. The summed E-state index contributed by atoms with van der Waals surface area (Å²) in [6.07, 6.45) is 0. The zero-order valence-electron chi connectivity index (χ0n) is 16.7. The summed E-state index contributed by atoms with van der Waals surface area (Å²) in [7, 11) is 0. The van der Waals surface area contributed by atoms with Gasteiger partial charge in [0.05, 0.1) is 13.2 Å². The van der Waals surface area contributed by atoms with Crippen molar-refractivity contribution in [3.8, 4) is 28.3 Å². The van der Waals surface area contributed by atoms with Gasteiger partial charge in [-0.05, 0) is 38.1 Å². The van der Waals surface area contributed by atoms with Crippen LogP contribution in [0, 0.1) is 6.92 Å². The summed E-state index contributed by atoms with van der Waals surface area (Å²) < 4.78 is 16.1. The molecule has 152 valence electrons. The maximum Gasteiger partial charge on any atom is 0.273 e. The minimum atomic E-state index is -0.357. The van der Waals surface area contributed by atoms with Crippen molar-refractivity contribution in [3.63, 3.8) is 0 Å². The van der Waals surface area contributed by atoms with Crippen molar-refractivity contribution >= 4 is 5.91 Å². The van der Waals surface area contributed by atoms with Crippen molar-refractivity contribution in [2.24, 2.45) is 0 Å². The highest BCUT2D eigenvalue weighted by Gasteiger charge is 2.15. The van der Waals surface area contributed by atoms with Crippen LogP contribution in [-0.4, -0.2) is 22.8 Å². The average Bonchev–Trinajstić information content (AvgIpc) is 3.44. The van der Waals surface area contributed by atoms with Crippen molar-refractivity contribution in [1.82, 2.24) is 15.6 Å². The number of aryl methyl sites for hydroxylation is 1. The molecule has 0 atom stereocenters. The predicted octanol–water partition coefficient (Wildman–Crippen LogP) is 4.63. The van der Waals surface area contributed by atoms with Crippen molar-refractivity contribution in [1.29, 1.82) is 0 Å². The summed E-state index contributed by atoms with van der Waals surface area (Å²) in [6.45, 7) is 4.75. The topological polar surface area (TPSA) is 90.4 Å². The molecule has 0 aliphatic rings. The Morgan fingerprint density at radius 1 is 0.967 bits per heavy atom. The molecule has 0 saturated heterocycles. The summed E-state index contributed by atoms with van der Waals surface area (Å²) in [6, 6.07) is 18.8. The van der Waals surface area contributed by atoms with Gasteiger partial charge in [0.2, 0.25) is 0 Å². The molecule has 30 heavy (non-hydrogen) atoms. The van der Waals surface area contributed by atoms with Crippen molar-refractivity contribution in [2.45, 2.75) is 20.4 Å². The molecule has 0 radical (unpaired) electrons. The number of ether oxygens (including phenoxy) is 1. The lowest BCUT2D eigenvalue weighted by molar-refractivity contribution is 0.0938. The molecular weight excluding hydrogens is 382 g/mol. The molecule has 0 spiro atoms. The summed E-state index contributed by atoms with van der Waals surface area (Å²) >= 11 is 0. The van der Waals surface area contributed by atoms with E-state index in [9.17, 15) is 4.79 Å². The second kappa shape index (κ2) is 8.65. The van der Waals surface area contributed by atoms with Gasteiger partial charge in [-0.1, -0.05) is 40.1 Å². The van der Waals surface area contributed by atoms with Gasteiger partial charge in [-0.2, -0.15) is 0 Å². The van der Waals surface area contributed by atoms with Crippen LogP contribution >= 0.6 is 0 Å². The van der Waals surface area contributed by atoms with Crippen molar-refractivity contribution in [3.05, 3.63) is 77.7 Å². The average molecular weight is 403 g/mol. The minimum absolute atomic E-state index is 0.192. The first-order valence-electron chi connectivity index (χ1n) is 9.63. The monoisotopic (exact) mass is 403 g/mol. The lowest BCUT2D eigenvalue weighted by Crippen LogP contribution is -2.22. The first kappa shape index (κ1) is 19.4. The van der Waals surface area contributed by atoms with Crippen LogP contribution in [0.5, 0.6) is 5.75 Å². The second-order valence-electron chi connectivity index (χ2n) is 6.76. The van der Waals surface area contributed by atoms with Gasteiger partial charge in [-0.25, -0.2) is 0 Å². The number of hydrogen-bond acceptors (Lipinski definition) is 6. The Hall–Kier alpha value is -3.87. The zero-order valence-corrected chi connectivity index (χ0v) is 16.7. The maximum atomic E-state index is 12.4. The minimum Gasteiger partial charge on any atom is -0.494 e. The molecule has 2 aromatic carbocycles. The van der Waals surface area contributed by atoms with Crippen molar-refractivity contribution < 1.29 is 18.6 Å². The van der Waals surface area contributed by atoms with E-state index in [4.69, 9.17) is 13.8 Å². The van der Waals surface area contributed by atoms with Gasteiger partial charge in [0.15, 0.2) is 17.2 Å². The van der Waals surface area contributed by atoms with E-state index in [2.05, 4.69) is 15.6 Å². The molecule has 0 unspecified atom stereocenters. The molecule has 0 aliphatic heterocycles. The molecule has 1 N–H and O–H groups in total. The van der Waals surface area contributed by atoms with Crippen LogP contribution in [-0.2, 0) is 6.54 Å². The Balaban J connectivity index is 1.37. The number of benzene rings is 2. The number of nitrogens with zero attached hydrogens (tertiary/aromatic N) is 2. The second-order valence-corrected chi connectivity index (χ2v) is 6.76. The molecular formula is C23H21N3O4. The molecule has 0 aliphatic carbocycles. The van der Waals surface area contributed by atoms with E-state index >= 15 is 0 Å². The molecule has 0 bridgehead atoms. The van der Waals surface area contributed by atoms with E-state index in [0.717, 1.165) is 22.6 Å². The first-order chi connectivity index (χ1) is 14.6. The lowest BCUT2D eigenvalue weighted by atomic mass is 10.1. The number of amides is 1. The van der Waals surface area contributed by atoms with Gasteiger partial charge in [0, 0.05) is 23.3 Å². The Morgan fingerprint density at radius 2 is 1.70 bits per heavy atom. The number of rotatable bonds is 7. The summed E-state index contributed by atoms with van der Waals surface area (Å²) in [5.41, 5.74) is 3.85. The summed E-state index contributed by atoms with van der Waals surface area (Å²) in [4.78, 5) is 12.4. The third kappa shape index (κ3) is 4.41. The van der Waals surface area contributed by atoms with Gasteiger partial charge in [0.1, 0.15) is 11.4 Å². The van der Waals surface area contributed by atoms with Crippen LogP contribution in [0.4, 0.5) is 0 Å². The van der Waals surface area contributed by atoms with E-state index in [0.29, 0.717) is 18.1 Å². The molecule has 7 heteroatoms. The lowest BCUT2D eigenvalue weighted by Gasteiger charge is -2.02. The van der Waals surface area contributed by atoms with E-state index < -0.39 is 0 Å². The Morgan fingerprint density at radius 3 is 2.43 bits per heavy atom. The Labute approximate surface area is 173 Å². The maximum absolute atomic E-state index is 12.4. The standard InChI is InChI=1S/C23H21N3O4/c1-3-28-18-10-8-17(9-11-18)22-13-21(26-30-22)23(27)24-14-19-12-20(25-29-19)16-6-4-15(2)5-7-16/h4-13H,3,14H2,1-2H3,(H,24,27). The van der Waals surface area contributed by atoms with Crippen molar-refractivity contribution in [2.75, 3.05) is 6.61 Å². The van der Waals surface area contributed by atoms with Gasteiger partial charge in [-0.3, -0.25) is 4.79 Å². The van der Waals surface area contributed by atoms with Crippen LogP contribution in [0.25, 0.3) is 22.6 Å². The van der Waals surface area contributed by atoms with Gasteiger partial charge < -0.3 is 19.1 Å². The van der Waals surface area contributed by atoms with Crippen LogP contribution in [0.2, 0.25) is 0 Å². The summed E-state index contributed by atoms with van der Waals surface area (Å²) in [5.74, 6) is 1.47. The van der Waals surface area contributed by atoms with E-state index in [-0.39, 0.29) is 18.1 Å². The fraction of sp³-hybridized carbons (Fsp3) is 0.174. The number of nitrogens with one attached hydrogen (secondary N) is 1. The molecule has 1 amide bonds. The molecule has 2 aromatic heterocycles. The van der Waals surface area contributed by atoms with Crippen LogP contribution in [0.3, 0.4) is 0 Å². The Bertz CT molecular complexity index is 1130. The molecule has 0 fully saturated rings. The fourth-order valence-electron chi connectivity index (χ4n) is 2.91. The highest BCUT2D eigenvalue weighted by molar-refractivity contribution is 5.93. The fourth-order valence-corrected chi connectivity index (χ4v) is 2.91. The van der Waals surface area contributed by atoms with Gasteiger partial charge in [0.25, 0.3) is 5.91 Å². The third-order valence-electron chi connectivity index (χ3n) is 4.52.